The summed E-state index contributed by atoms with van der Waals surface area (Å²) in [5.41, 5.74) is 2.64. The molecule has 4 rings (SSSR count). The Balaban J connectivity index is 1.65. The second-order valence-electron chi connectivity index (χ2n) is 6.39. The molecule has 2 aliphatic heterocycles. The van der Waals surface area contributed by atoms with Crippen LogP contribution in [0.15, 0.2) is 53.0 Å². The summed E-state index contributed by atoms with van der Waals surface area (Å²) < 4.78 is 28.9. The first-order chi connectivity index (χ1) is 11.6. The highest BCUT2D eigenvalue weighted by molar-refractivity contribution is 7.88. The van der Waals surface area contributed by atoms with E-state index in [-0.39, 0.29) is 6.04 Å². The molecule has 0 aliphatic carbocycles. The largest absolute Gasteiger partial charge is 0.378 e. The van der Waals surface area contributed by atoms with Crippen LogP contribution in [-0.2, 0) is 10.8 Å². The first-order valence-electron chi connectivity index (χ1n) is 8.12. The van der Waals surface area contributed by atoms with Gasteiger partial charge in [-0.2, -0.15) is 0 Å². The van der Waals surface area contributed by atoms with Gasteiger partial charge < -0.3 is 14.8 Å². The zero-order chi connectivity index (χ0) is 16.7. The van der Waals surface area contributed by atoms with Crippen LogP contribution in [-0.4, -0.2) is 46.0 Å². The highest BCUT2D eigenvalue weighted by Gasteiger charge is 2.30. The van der Waals surface area contributed by atoms with Crippen LogP contribution >= 0.6 is 0 Å². The summed E-state index contributed by atoms with van der Waals surface area (Å²) in [6.45, 7) is 1.30. The number of fused-ring (bicyclic) bond motifs is 1. The maximum atomic E-state index is 14.3. The number of aromatic nitrogens is 1. The summed E-state index contributed by atoms with van der Waals surface area (Å²) in [6, 6.07) is 9.45. The molecule has 1 unspecified atom stereocenters. The molecule has 126 valence electrons. The second-order valence-corrected chi connectivity index (χ2v) is 7.63. The van der Waals surface area contributed by atoms with E-state index in [2.05, 4.69) is 5.32 Å². The van der Waals surface area contributed by atoms with Crippen LogP contribution in [0.4, 0.5) is 10.1 Å². The van der Waals surface area contributed by atoms with Crippen molar-refractivity contribution in [3.8, 4) is 0 Å². The van der Waals surface area contributed by atoms with Crippen molar-refractivity contribution >= 4 is 22.2 Å². The lowest BCUT2D eigenvalue weighted by Crippen LogP contribution is -2.46. The maximum Gasteiger partial charge on any atom is 0.133 e. The monoisotopic (exact) mass is 345 g/mol. The van der Waals surface area contributed by atoms with Crippen molar-refractivity contribution in [2.24, 2.45) is 0 Å². The molecule has 24 heavy (non-hydrogen) atoms. The number of anilines is 1. The first-order valence-corrected chi connectivity index (χ1v) is 9.33. The van der Waals surface area contributed by atoms with Gasteiger partial charge in [-0.25, -0.2) is 8.60 Å². The van der Waals surface area contributed by atoms with E-state index in [1.165, 1.54) is 0 Å². The smallest absolute Gasteiger partial charge is 0.133 e. The van der Waals surface area contributed by atoms with Gasteiger partial charge in [-0.1, -0.05) is 12.1 Å². The molecule has 1 fully saturated rings. The Labute approximate surface area is 143 Å². The number of nitrogens with zero attached hydrogens (tertiary/aromatic N) is 2. The van der Waals surface area contributed by atoms with Crippen molar-refractivity contribution in [2.45, 2.75) is 23.5 Å². The lowest BCUT2D eigenvalue weighted by atomic mass is 10.0. The van der Waals surface area contributed by atoms with Gasteiger partial charge in [0.2, 0.25) is 0 Å². The van der Waals surface area contributed by atoms with Crippen LogP contribution in [0, 0.1) is 0 Å². The number of hydrogen-bond acceptors (Lipinski definition) is 3. The fourth-order valence-electron chi connectivity index (χ4n) is 3.41. The van der Waals surface area contributed by atoms with Gasteiger partial charge >= 0.3 is 0 Å². The fourth-order valence-corrected chi connectivity index (χ4v) is 4.71. The van der Waals surface area contributed by atoms with Crippen molar-refractivity contribution in [3.63, 3.8) is 0 Å². The van der Waals surface area contributed by atoms with E-state index in [0.717, 1.165) is 34.8 Å². The molecule has 3 heterocycles. The highest BCUT2D eigenvalue weighted by atomic mass is 32.2. The van der Waals surface area contributed by atoms with Crippen LogP contribution in [0.2, 0.25) is 0 Å². The zero-order valence-corrected chi connectivity index (χ0v) is 14.3. The second kappa shape index (κ2) is 6.18. The zero-order valence-electron chi connectivity index (χ0n) is 13.5. The fraction of sp³-hybridized carbons (Fsp3) is 0.333. The van der Waals surface area contributed by atoms with E-state index in [0.29, 0.717) is 6.54 Å². The van der Waals surface area contributed by atoms with E-state index >= 15 is 0 Å². The van der Waals surface area contributed by atoms with Crippen molar-refractivity contribution in [3.05, 3.63) is 53.7 Å². The Bertz CT molecular complexity index is 803. The predicted molar refractivity (Wildman–Crippen MR) is 95.1 cm³/mol. The summed E-state index contributed by atoms with van der Waals surface area (Å²) in [5, 5.41) is 5.07. The third-order valence-corrected chi connectivity index (χ3v) is 5.96. The van der Waals surface area contributed by atoms with E-state index in [9.17, 15) is 8.60 Å². The van der Waals surface area contributed by atoms with Gasteiger partial charge in [-0.3, -0.25) is 0 Å². The van der Waals surface area contributed by atoms with E-state index in [1.807, 2.05) is 59.2 Å². The minimum atomic E-state index is -1.22. The van der Waals surface area contributed by atoms with Crippen LogP contribution in [0.3, 0.4) is 0 Å². The van der Waals surface area contributed by atoms with Gasteiger partial charge in [0.15, 0.2) is 0 Å². The quantitative estimate of drug-likeness (QED) is 0.929. The van der Waals surface area contributed by atoms with Gasteiger partial charge in [-0.05, 0) is 31.7 Å². The molecule has 0 saturated carbocycles. The van der Waals surface area contributed by atoms with Crippen molar-refractivity contribution in [1.82, 2.24) is 9.47 Å². The molecular formula is C18H20FN3OS. The van der Waals surface area contributed by atoms with Gasteiger partial charge in [0.1, 0.15) is 6.17 Å². The molecule has 0 spiro atoms. The highest BCUT2D eigenvalue weighted by Crippen LogP contribution is 2.37. The lowest BCUT2D eigenvalue weighted by molar-refractivity contribution is 0.149. The van der Waals surface area contributed by atoms with Crippen LogP contribution in [0.5, 0.6) is 0 Å². The minimum absolute atomic E-state index is 0.236. The third kappa shape index (κ3) is 2.70. The first kappa shape index (κ1) is 15.6. The topological polar surface area (TPSA) is 37.3 Å². The minimum Gasteiger partial charge on any atom is -0.378 e. The van der Waals surface area contributed by atoms with Gasteiger partial charge in [-0.15, -0.1) is 0 Å². The van der Waals surface area contributed by atoms with Crippen molar-refractivity contribution < 1.29 is 8.60 Å². The van der Waals surface area contributed by atoms with E-state index in [1.54, 1.807) is 5.41 Å². The number of halogens is 1. The Morgan fingerprint density at radius 2 is 2.04 bits per heavy atom. The molecule has 1 aromatic carbocycles. The Morgan fingerprint density at radius 3 is 2.79 bits per heavy atom. The van der Waals surface area contributed by atoms with Gasteiger partial charge in [0, 0.05) is 36.5 Å². The number of hydrogen-bond donors (Lipinski definition) is 1. The summed E-state index contributed by atoms with van der Waals surface area (Å²) >= 11 is 0. The number of benzene rings is 1. The Kier molecular flexibility index (Phi) is 4.02. The summed E-state index contributed by atoms with van der Waals surface area (Å²) in [6.07, 6.45) is 3.69. The summed E-state index contributed by atoms with van der Waals surface area (Å²) in [5.74, 6) is 0. The Hall–Kier alpha value is -1.92. The number of alkyl halides is 1. The van der Waals surface area contributed by atoms with Crippen LogP contribution in [0.1, 0.15) is 12.0 Å². The molecule has 0 amide bonds. The van der Waals surface area contributed by atoms with Gasteiger partial charge in [0.25, 0.3) is 0 Å². The molecule has 1 saturated heterocycles. The van der Waals surface area contributed by atoms with Crippen LogP contribution < -0.4 is 5.32 Å². The molecule has 2 aromatic rings. The number of piperidine rings is 1. The standard InChI is InChI=1S/C18H20FN3OS/c1-21-10-7-15(14(19)11-21)20-16-6-4-5-13-17(12-24(23)18(13)16)22-8-2-3-9-22/h2-6,8-9,12,14-15,20H,7,10-11H2,1H3/t14-,15-,24?/m0/s1. The summed E-state index contributed by atoms with van der Waals surface area (Å²) in [4.78, 5) is 2.76. The normalized spacial score (nSPS) is 26.9. The van der Waals surface area contributed by atoms with Gasteiger partial charge in [0.05, 0.1) is 33.1 Å². The molecule has 3 atom stereocenters. The molecule has 1 aromatic heterocycles. The molecule has 4 nitrogen and oxygen atoms in total. The number of rotatable bonds is 3. The molecule has 6 heteroatoms. The third-order valence-electron chi connectivity index (χ3n) is 4.68. The summed E-state index contributed by atoms with van der Waals surface area (Å²) in [7, 11) is 0.711. The molecule has 0 bridgehead atoms. The molecule has 2 aliphatic rings. The predicted octanol–water partition coefficient (Wildman–Crippen LogP) is 2.91. The van der Waals surface area contributed by atoms with Crippen molar-refractivity contribution in [2.75, 3.05) is 25.5 Å². The average Bonchev–Trinajstić information content (AvgIpc) is 3.19. The lowest BCUT2D eigenvalue weighted by Gasteiger charge is -2.33. The Morgan fingerprint density at radius 1 is 1.25 bits per heavy atom. The molecule has 0 radical (unpaired) electrons. The number of likely N-dealkylation sites (tertiary alicyclic amines) is 1. The maximum absolute atomic E-state index is 14.3. The number of nitrogens with one attached hydrogen (secondary N) is 1. The SMILES string of the molecule is CN1CC[C@H](Nc2cccc3c2S(=O)C=C3n2cccc2)[C@@H](F)C1. The molecular weight excluding hydrogens is 325 g/mol. The van der Waals surface area contributed by atoms with E-state index in [4.69, 9.17) is 0 Å². The van der Waals surface area contributed by atoms with E-state index < -0.39 is 17.0 Å². The molecule has 1 N–H and O–H groups in total. The van der Waals surface area contributed by atoms with Crippen LogP contribution in [0.25, 0.3) is 5.70 Å². The average molecular weight is 345 g/mol. The van der Waals surface area contributed by atoms with Crippen molar-refractivity contribution in [1.29, 1.82) is 0 Å².